The van der Waals surface area contributed by atoms with E-state index in [1.807, 2.05) is 0 Å². The molecule has 82 valence electrons. The van der Waals surface area contributed by atoms with E-state index in [2.05, 4.69) is 9.98 Å². The van der Waals surface area contributed by atoms with E-state index in [0.29, 0.717) is 6.61 Å². The van der Waals surface area contributed by atoms with Crippen LogP contribution >= 0.6 is 0 Å². The quantitative estimate of drug-likeness (QED) is 0.482. The Bertz CT molecular complexity index is 357. The maximum atomic E-state index is 10.1. The number of aliphatic hydroxyl groups excluding tert-OH is 1. The summed E-state index contributed by atoms with van der Waals surface area (Å²) < 4.78 is 5.11. The first-order valence-corrected chi connectivity index (χ1v) is 4.32. The first-order valence-electron chi connectivity index (χ1n) is 4.32. The highest BCUT2D eigenvalue weighted by molar-refractivity contribution is 6.00. The van der Waals surface area contributed by atoms with Gasteiger partial charge in [0.1, 0.15) is 0 Å². The summed E-state index contributed by atoms with van der Waals surface area (Å²) in [6, 6.07) is 0. The normalized spacial score (nSPS) is 20.9. The van der Waals surface area contributed by atoms with Crippen molar-refractivity contribution in [2.75, 3.05) is 13.7 Å². The first kappa shape index (κ1) is 11.2. The molecule has 0 aromatic carbocycles. The molecule has 0 aliphatic carbocycles. The van der Waals surface area contributed by atoms with E-state index in [0.717, 1.165) is 0 Å². The Morgan fingerprint density at radius 1 is 1.80 bits per heavy atom. The topological polar surface area (TPSA) is 101 Å². The third-order valence-electron chi connectivity index (χ3n) is 1.83. The second-order valence-corrected chi connectivity index (χ2v) is 2.77. The Labute approximate surface area is 86.6 Å². The third kappa shape index (κ3) is 2.15. The Morgan fingerprint density at radius 2 is 2.47 bits per heavy atom. The number of rotatable bonds is 2. The highest BCUT2D eigenvalue weighted by atomic mass is 16.5. The van der Waals surface area contributed by atoms with Gasteiger partial charge in [0.25, 0.3) is 0 Å². The van der Waals surface area contributed by atoms with Crippen molar-refractivity contribution in [2.45, 2.75) is 13.2 Å². The summed E-state index contributed by atoms with van der Waals surface area (Å²) >= 11 is 0. The van der Waals surface area contributed by atoms with Crippen molar-refractivity contribution >= 4 is 11.9 Å². The van der Waals surface area contributed by atoms with Crippen LogP contribution in [0.5, 0.6) is 0 Å². The monoisotopic (exact) mass is 212 g/mol. The van der Waals surface area contributed by atoms with Gasteiger partial charge in [0.15, 0.2) is 6.29 Å². The number of hydrogen-bond acceptors (Lipinski definition) is 7. The summed E-state index contributed by atoms with van der Waals surface area (Å²) in [5.74, 6) is -0.214. The van der Waals surface area contributed by atoms with Gasteiger partial charge in [0, 0.05) is 7.05 Å². The number of isocyanates is 1. The van der Waals surface area contributed by atoms with Gasteiger partial charge in [-0.15, -0.1) is 4.99 Å². The molecule has 0 saturated carbocycles. The van der Waals surface area contributed by atoms with Gasteiger partial charge in [-0.3, -0.25) is 5.73 Å². The first-order chi connectivity index (χ1) is 7.11. The molecule has 0 aromatic rings. The van der Waals surface area contributed by atoms with Crippen LogP contribution in [0, 0.1) is 0 Å². The van der Waals surface area contributed by atoms with Crippen molar-refractivity contribution in [2.24, 2.45) is 15.7 Å². The van der Waals surface area contributed by atoms with Crippen LogP contribution < -0.4 is 5.73 Å². The van der Waals surface area contributed by atoms with Crippen LogP contribution in [-0.4, -0.2) is 41.9 Å². The smallest absolute Gasteiger partial charge is 0.242 e. The minimum Gasteiger partial charge on any atom is -0.492 e. The van der Waals surface area contributed by atoms with Gasteiger partial charge in [-0.1, -0.05) is 0 Å². The molecule has 0 amide bonds. The van der Waals surface area contributed by atoms with Crippen LogP contribution in [0.1, 0.15) is 6.92 Å². The number of nitrogens with two attached hydrogens (primary N) is 1. The summed E-state index contributed by atoms with van der Waals surface area (Å²) in [5, 5.41) is 9.67. The van der Waals surface area contributed by atoms with Gasteiger partial charge >= 0.3 is 0 Å². The molecule has 0 radical (unpaired) electrons. The summed E-state index contributed by atoms with van der Waals surface area (Å²) in [6.45, 7) is 2.05. The lowest BCUT2D eigenvalue weighted by molar-refractivity contribution is 0.137. The molecule has 0 fully saturated rings. The standard InChI is InChI=1S/C8H12N4O3/c1-3-15-5-6(10-4-13)11-8(9)12(2)7(5)14/h8,14H,3,9H2,1-2H3. The molecular formula is C8H12N4O3. The molecule has 1 aliphatic rings. The van der Waals surface area contributed by atoms with Crippen LogP contribution in [-0.2, 0) is 9.53 Å². The van der Waals surface area contributed by atoms with Crippen molar-refractivity contribution in [1.82, 2.24) is 4.90 Å². The molecule has 0 saturated heterocycles. The average molecular weight is 212 g/mol. The molecular weight excluding hydrogens is 200 g/mol. The highest BCUT2D eigenvalue weighted by Gasteiger charge is 2.27. The maximum absolute atomic E-state index is 10.1. The number of carbonyl (C=O) groups excluding carboxylic acids is 1. The summed E-state index contributed by atoms with van der Waals surface area (Å²) in [4.78, 5) is 18.6. The van der Waals surface area contributed by atoms with E-state index in [4.69, 9.17) is 10.5 Å². The summed E-state index contributed by atoms with van der Waals surface area (Å²) in [7, 11) is 1.55. The van der Waals surface area contributed by atoms with Crippen LogP contribution in [0.3, 0.4) is 0 Å². The van der Waals surface area contributed by atoms with E-state index in [-0.39, 0.29) is 17.5 Å². The van der Waals surface area contributed by atoms with Gasteiger partial charge in [0.2, 0.25) is 23.6 Å². The van der Waals surface area contributed by atoms with Crippen molar-refractivity contribution < 1.29 is 14.6 Å². The molecule has 7 nitrogen and oxygen atoms in total. The van der Waals surface area contributed by atoms with Crippen molar-refractivity contribution in [1.29, 1.82) is 0 Å². The Kier molecular flexibility index (Phi) is 3.43. The molecule has 7 heteroatoms. The Balaban J connectivity index is 3.12. The number of aliphatic imine (C=N–C) groups is 2. The van der Waals surface area contributed by atoms with Crippen LogP contribution in [0.4, 0.5) is 0 Å². The number of hydrogen-bond donors (Lipinski definition) is 2. The fraction of sp³-hybridized carbons (Fsp3) is 0.500. The minimum atomic E-state index is -0.790. The lowest BCUT2D eigenvalue weighted by atomic mass is 10.4. The van der Waals surface area contributed by atoms with Gasteiger partial charge in [0.05, 0.1) is 6.61 Å². The lowest BCUT2D eigenvalue weighted by Gasteiger charge is -2.27. The number of amidine groups is 1. The zero-order valence-electron chi connectivity index (χ0n) is 8.47. The van der Waals surface area contributed by atoms with Crippen molar-refractivity contribution in [3.63, 3.8) is 0 Å². The minimum absolute atomic E-state index is 0.0325. The number of ether oxygens (including phenoxy) is 1. The Hall–Kier alpha value is -1.85. The molecule has 3 N–H and O–H groups in total. The van der Waals surface area contributed by atoms with E-state index < -0.39 is 6.29 Å². The molecule has 0 spiro atoms. The number of aliphatic hydroxyl groups is 1. The maximum Gasteiger partial charge on any atom is 0.242 e. The average Bonchev–Trinajstić information content (AvgIpc) is 2.21. The predicted molar refractivity (Wildman–Crippen MR) is 52.6 cm³/mol. The predicted octanol–water partition coefficient (Wildman–Crippen LogP) is -0.328. The van der Waals surface area contributed by atoms with E-state index in [1.54, 1.807) is 14.0 Å². The molecule has 1 atom stereocenters. The molecule has 0 bridgehead atoms. The van der Waals surface area contributed by atoms with Crippen LogP contribution in [0.15, 0.2) is 21.6 Å². The van der Waals surface area contributed by atoms with Crippen molar-refractivity contribution in [3.8, 4) is 0 Å². The second-order valence-electron chi connectivity index (χ2n) is 2.77. The molecule has 1 rings (SSSR count). The van der Waals surface area contributed by atoms with Gasteiger partial charge < -0.3 is 14.7 Å². The van der Waals surface area contributed by atoms with Gasteiger partial charge in [-0.2, -0.15) is 0 Å². The zero-order valence-corrected chi connectivity index (χ0v) is 8.47. The molecule has 0 aromatic heterocycles. The zero-order chi connectivity index (χ0) is 11.4. The Morgan fingerprint density at radius 3 is 3.00 bits per heavy atom. The van der Waals surface area contributed by atoms with E-state index >= 15 is 0 Å². The third-order valence-corrected chi connectivity index (χ3v) is 1.83. The van der Waals surface area contributed by atoms with Crippen LogP contribution in [0.2, 0.25) is 0 Å². The SMILES string of the molecule is CCOC1=C(O)N(C)C(N)N=C1N=C=O. The highest BCUT2D eigenvalue weighted by Crippen LogP contribution is 2.17. The lowest BCUT2D eigenvalue weighted by Crippen LogP contribution is -2.42. The molecule has 15 heavy (non-hydrogen) atoms. The van der Waals surface area contributed by atoms with Crippen LogP contribution in [0.25, 0.3) is 0 Å². The molecule has 1 aliphatic heterocycles. The van der Waals surface area contributed by atoms with E-state index in [9.17, 15) is 9.90 Å². The second kappa shape index (κ2) is 4.59. The number of nitrogens with zero attached hydrogens (tertiary/aromatic N) is 3. The fourth-order valence-corrected chi connectivity index (χ4v) is 1.05. The summed E-state index contributed by atoms with van der Waals surface area (Å²) in [5.41, 5.74) is 5.55. The van der Waals surface area contributed by atoms with Crippen molar-refractivity contribution in [3.05, 3.63) is 11.6 Å². The summed E-state index contributed by atoms with van der Waals surface area (Å²) in [6.07, 6.45) is 0.536. The molecule has 1 heterocycles. The van der Waals surface area contributed by atoms with Gasteiger partial charge in [-0.05, 0) is 6.92 Å². The fourth-order valence-electron chi connectivity index (χ4n) is 1.05. The van der Waals surface area contributed by atoms with Gasteiger partial charge in [-0.25, -0.2) is 9.79 Å². The van der Waals surface area contributed by atoms with E-state index in [1.165, 1.54) is 11.0 Å². The molecule has 1 unspecified atom stereocenters. The largest absolute Gasteiger partial charge is 0.492 e.